The van der Waals surface area contributed by atoms with E-state index in [0.717, 1.165) is 24.6 Å². The molecule has 1 atom stereocenters. The van der Waals surface area contributed by atoms with Crippen LogP contribution in [0.15, 0.2) is 57.3 Å². The first-order valence-corrected chi connectivity index (χ1v) is 9.82. The second-order valence-corrected chi connectivity index (χ2v) is 8.31. The highest BCUT2D eigenvalue weighted by Crippen LogP contribution is 2.39. The second kappa shape index (κ2) is 8.11. The minimum atomic E-state index is -0.401. The fourth-order valence-corrected chi connectivity index (χ4v) is 4.82. The van der Waals surface area contributed by atoms with Crippen LogP contribution in [0.5, 0.6) is 0 Å². The molecule has 0 bridgehead atoms. The fraction of sp³-hybridized carbons (Fsp3) is 0.176. The van der Waals surface area contributed by atoms with Crippen LogP contribution >= 0.6 is 39.0 Å². The fourth-order valence-electron chi connectivity index (χ4n) is 2.20. The summed E-state index contributed by atoms with van der Waals surface area (Å²) >= 11 is 6.45. The van der Waals surface area contributed by atoms with Crippen LogP contribution in [0.3, 0.4) is 0 Å². The van der Waals surface area contributed by atoms with Crippen molar-refractivity contribution in [3.05, 3.63) is 58.6 Å². The summed E-state index contributed by atoms with van der Waals surface area (Å²) in [6.45, 7) is 0.169. The van der Waals surface area contributed by atoms with Crippen molar-refractivity contribution in [1.29, 1.82) is 0 Å². The smallest absolute Gasteiger partial charge is 0.238 e. The minimum absolute atomic E-state index is 0.0763. The van der Waals surface area contributed by atoms with Gasteiger partial charge in [0.2, 0.25) is 5.91 Å². The maximum absolute atomic E-state index is 12.5. The van der Waals surface area contributed by atoms with Gasteiger partial charge < -0.3 is 10.4 Å². The zero-order valence-corrected chi connectivity index (χ0v) is 15.8. The first kappa shape index (κ1) is 17.4. The highest BCUT2D eigenvalue weighted by Gasteiger charge is 2.23. The van der Waals surface area contributed by atoms with Gasteiger partial charge in [0, 0.05) is 11.0 Å². The molecule has 1 aromatic heterocycles. The van der Waals surface area contributed by atoms with E-state index in [4.69, 9.17) is 5.11 Å². The molecule has 4 nitrogen and oxygen atoms in total. The number of carbonyl (C=O) groups excluding carboxylic acids is 1. The zero-order chi connectivity index (χ0) is 16.9. The highest BCUT2D eigenvalue weighted by atomic mass is 79.9. The maximum atomic E-state index is 12.5. The van der Waals surface area contributed by atoms with Crippen LogP contribution < -0.4 is 5.32 Å². The number of halogens is 1. The molecule has 1 amide bonds. The molecule has 0 saturated heterocycles. The van der Waals surface area contributed by atoms with Gasteiger partial charge in [-0.05, 0) is 23.8 Å². The number of carbonyl (C=O) groups is 1. The van der Waals surface area contributed by atoms with Crippen molar-refractivity contribution < 1.29 is 9.90 Å². The number of nitrogens with one attached hydrogen (secondary N) is 1. The van der Waals surface area contributed by atoms with Crippen molar-refractivity contribution in [2.24, 2.45) is 0 Å². The third kappa shape index (κ3) is 4.16. The first-order chi connectivity index (χ1) is 11.7. The lowest BCUT2D eigenvalue weighted by molar-refractivity contribution is -0.120. The number of aromatic nitrogens is 1. The molecule has 0 saturated carbocycles. The number of benzene rings is 2. The van der Waals surface area contributed by atoms with Gasteiger partial charge in [-0.15, -0.1) is 11.3 Å². The summed E-state index contributed by atoms with van der Waals surface area (Å²) in [6.07, 6.45) is 0. The van der Waals surface area contributed by atoms with Gasteiger partial charge >= 0.3 is 0 Å². The number of hydrogen-bond acceptors (Lipinski definition) is 5. The molecular formula is C17H15BrN2O2S2. The van der Waals surface area contributed by atoms with Gasteiger partial charge in [0.1, 0.15) is 5.25 Å². The van der Waals surface area contributed by atoms with Crippen molar-refractivity contribution in [1.82, 2.24) is 10.3 Å². The average molecular weight is 423 g/mol. The summed E-state index contributed by atoms with van der Waals surface area (Å²) in [4.78, 5) is 17.1. The Morgan fingerprint density at radius 3 is 2.83 bits per heavy atom. The maximum Gasteiger partial charge on any atom is 0.238 e. The molecule has 3 rings (SSSR count). The number of thiazole rings is 1. The van der Waals surface area contributed by atoms with Crippen LogP contribution in [0, 0.1) is 0 Å². The van der Waals surface area contributed by atoms with E-state index in [2.05, 4.69) is 26.2 Å². The Morgan fingerprint density at radius 1 is 1.29 bits per heavy atom. The standard InChI is InChI=1S/C17H15BrN2O2S2/c18-12-6-7-14-13(10-12)20-17(23-14)24-15(16(22)19-8-9-21)11-4-2-1-3-5-11/h1-7,10,15,21H,8-9H2,(H,19,22). The number of fused-ring (bicyclic) bond motifs is 1. The molecule has 2 N–H and O–H groups in total. The first-order valence-electron chi connectivity index (χ1n) is 7.33. The molecule has 7 heteroatoms. The number of rotatable bonds is 6. The molecule has 24 heavy (non-hydrogen) atoms. The summed E-state index contributed by atoms with van der Waals surface area (Å²) in [5.41, 5.74) is 1.83. The number of aliphatic hydroxyl groups is 1. The van der Waals surface area contributed by atoms with Gasteiger partial charge in [-0.2, -0.15) is 0 Å². The predicted molar refractivity (Wildman–Crippen MR) is 102 cm³/mol. The van der Waals surface area contributed by atoms with Crippen LogP contribution in [0.1, 0.15) is 10.8 Å². The molecule has 1 unspecified atom stereocenters. The second-order valence-electron chi connectivity index (χ2n) is 5.02. The van der Waals surface area contributed by atoms with Crippen LogP contribution in [-0.4, -0.2) is 29.1 Å². The largest absolute Gasteiger partial charge is 0.395 e. The SMILES string of the molecule is O=C(NCCO)C(Sc1nc2cc(Br)ccc2s1)c1ccccc1. The number of amides is 1. The lowest BCUT2D eigenvalue weighted by Crippen LogP contribution is -2.30. The van der Waals surface area contributed by atoms with E-state index in [9.17, 15) is 4.79 Å². The lowest BCUT2D eigenvalue weighted by atomic mass is 10.1. The molecule has 3 aromatic rings. The molecule has 0 aliphatic carbocycles. The molecule has 0 aliphatic heterocycles. The van der Waals surface area contributed by atoms with Crippen molar-refractivity contribution >= 4 is 55.2 Å². The molecule has 0 fully saturated rings. The lowest BCUT2D eigenvalue weighted by Gasteiger charge is -2.15. The minimum Gasteiger partial charge on any atom is -0.395 e. The van der Waals surface area contributed by atoms with E-state index >= 15 is 0 Å². The monoisotopic (exact) mass is 422 g/mol. The van der Waals surface area contributed by atoms with Gasteiger partial charge in [-0.1, -0.05) is 58.0 Å². The summed E-state index contributed by atoms with van der Waals surface area (Å²) in [6, 6.07) is 15.6. The normalized spacial score (nSPS) is 12.2. The Labute approximate surface area is 156 Å². The third-order valence-electron chi connectivity index (χ3n) is 3.30. The molecule has 0 spiro atoms. The summed E-state index contributed by atoms with van der Waals surface area (Å²) in [5.74, 6) is -0.124. The van der Waals surface area contributed by atoms with Crippen LogP contribution in [-0.2, 0) is 4.79 Å². The zero-order valence-electron chi connectivity index (χ0n) is 12.6. The number of hydrogen-bond donors (Lipinski definition) is 2. The van der Waals surface area contributed by atoms with E-state index < -0.39 is 5.25 Å². The van der Waals surface area contributed by atoms with Crippen molar-refractivity contribution in [3.8, 4) is 0 Å². The average Bonchev–Trinajstić information content (AvgIpc) is 3.00. The van der Waals surface area contributed by atoms with Crippen LogP contribution in [0.25, 0.3) is 10.2 Å². The Bertz CT molecular complexity index is 839. The molecule has 0 radical (unpaired) electrons. The summed E-state index contributed by atoms with van der Waals surface area (Å²) in [5, 5.41) is 11.3. The van der Waals surface area contributed by atoms with Crippen molar-refractivity contribution in [3.63, 3.8) is 0 Å². The number of thioether (sulfide) groups is 1. The molecule has 1 heterocycles. The van der Waals surface area contributed by atoms with Crippen molar-refractivity contribution in [2.75, 3.05) is 13.2 Å². The molecule has 2 aromatic carbocycles. The topological polar surface area (TPSA) is 62.2 Å². The van der Waals surface area contributed by atoms with E-state index in [1.165, 1.54) is 11.8 Å². The predicted octanol–water partition coefficient (Wildman–Crippen LogP) is 4.00. The Balaban J connectivity index is 1.88. The molecular weight excluding hydrogens is 408 g/mol. The van der Waals surface area contributed by atoms with Gasteiger partial charge in [0.05, 0.1) is 16.8 Å². The van der Waals surface area contributed by atoms with Crippen LogP contribution in [0.4, 0.5) is 0 Å². The van der Waals surface area contributed by atoms with E-state index in [-0.39, 0.29) is 19.1 Å². The van der Waals surface area contributed by atoms with Gasteiger partial charge in [-0.3, -0.25) is 4.79 Å². The van der Waals surface area contributed by atoms with Crippen LogP contribution in [0.2, 0.25) is 0 Å². The van der Waals surface area contributed by atoms with Gasteiger partial charge in [0.25, 0.3) is 0 Å². The third-order valence-corrected chi connectivity index (χ3v) is 6.18. The molecule has 0 aliphatic rings. The Morgan fingerprint density at radius 2 is 2.08 bits per heavy atom. The van der Waals surface area contributed by atoms with Crippen molar-refractivity contribution in [2.45, 2.75) is 9.59 Å². The van der Waals surface area contributed by atoms with E-state index in [0.29, 0.717) is 0 Å². The van der Waals surface area contributed by atoms with E-state index in [1.54, 1.807) is 11.3 Å². The molecule has 124 valence electrons. The van der Waals surface area contributed by atoms with E-state index in [1.807, 2.05) is 48.5 Å². The number of aliphatic hydroxyl groups excluding tert-OH is 1. The Hall–Kier alpha value is -1.41. The number of nitrogens with zero attached hydrogens (tertiary/aromatic N) is 1. The van der Waals surface area contributed by atoms with Gasteiger partial charge in [-0.25, -0.2) is 4.98 Å². The highest BCUT2D eigenvalue weighted by molar-refractivity contribution is 9.10. The quantitative estimate of drug-likeness (QED) is 0.589. The summed E-state index contributed by atoms with van der Waals surface area (Å²) < 4.78 is 2.91. The summed E-state index contributed by atoms with van der Waals surface area (Å²) in [7, 11) is 0. The Kier molecular flexibility index (Phi) is 5.89. The van der Waals surface area contributed by atoms with Gasteiger partial charge in [0.15, 0.2) is 4.34 Å².